The molecule has 2 heterocycles. The highest BCUT2D eigenvalue weighted by atomic mass is 16.5. The van der Waals surface area contributed by atoms with Gasteiger partial charge in [0.2, 0.25) is 0 Å². The van der Waals surface area contributed by atoms with Gasteiger partial charge in [-0.15, -0.1) is 0 Å². The van der Waals surface area contributed by atoms with Gasteiger partial charge in [0.1, 0.15) is 0 Å². The van der Waals surface area contributed by atoms with Crippen LogP contribution in [0.5, 0.6) is 0 Å². The summed E-state index contributed by atoms with van der Waals surface area (Å²) in [6.07, 6.45) is 1.70. The van der Waals surface area contributed by atoms with Gasteiger partial charge in [-0.05, 0) is 13.8 Å². The third-order valence-electron chi connectivity index (χ3n) is 2.59. The Labute approximate surface area is 88.4 Å². The van der Waals surface area contributed by atoms with E-state index >= 15 is 0 Å². The first-order chi connectivity index (χ1) is 7.18. The van der Waals surface area contributed by atoms with Gasteiger partial charge in [0, 0.05) is 18.8 Å². The average Bonchev–Trinajstić information content (AvgIpc) is 2.63. The number of ether oxygens (including phenoxy) is 1. The summed E-state index contributed by atoms with van der Waals surface area (Å²) in [5.74, 6) is 0.0383. The lowest BCUT2D eigenvalue weighted by molar-refractivity contribution is -0.0124. The first-order valence-electron chi connectivity index (χ1n) is 5.09. The highest BCUT2D eigenvalue weighted by Crippen LogP contribution is 2.11. The van der Waals surface area contributed by atoms with Crippen LogP contribution in [0.2, 0.25) is 0 Å². The first kappa shape index (κ1) is 10.2. The first-order valence-corrected chi connectivity index (χ1v) is 5.09. The van der Waals surface area contributed by atoms with Gasteiger partial charge in [0.25, 0.3) is 5.91 Å². The van der Waals surface area contributed by atoms with Gasteiger partial charge < -0.3 is 9.64 Å². The van der Waals surface area contributed by atoms with E-state index in [1.165, 1.54) is 0 Å². The quantitative estimate of drug-likeness (QED) is 0.736. The van der Waals surface area contributed by atoms with Gasteiger partial charge in [-0.25, -0.2) is 0 Å². The van der Waals surface area contributed by atoms with Crippen LogP contribution >= 0.6 is 0 Å². The molecule has 1 unspecified atom stereocenters. The van der Waals surface area contributed by atoms with Crippen molar-refractivity contribution in [1.29, 1.82) is 0 Å². The van der Waals surface area contributed by atoms with E-state index < -0.39 is 0 Å². The Balaban J connectivity index is 2.11. The lowest BCUT2D eigenvalue weighted by Crippen LogP contribution is -2.44. The zero-order valence-electron chi connectivity index (χ0n) is 8.99. The van der Waals surface area contributed by atoms with Crippen LogP contribution < -0.4 is 0 Å². The van der Waals surface area contributed by atoms with Crippen LogP contribution in [0.4, 0.5) is 0 Å². The van der Waals surface area contributed by atoms with Crippen molar-refractivity contribution < 1.29 is 9.53 Å². The number of carbonyl (C=O) groups is 1. The highest BCUT2D eigenvalue weighted by molar-refractivity contribution is 5.95. The molecule has 2 rings (SSSR count). The van der Waals surface area contributed by atoms with Crippen molar-refractivity contribution in [2.24, 2.45) is 0 Å². The standard InChI is InChI=1S/C10H15N3O2/c1-7-6-13(3-4-15-7)10(14)9-5-11-12-8(9)2/h5,7H,3-4,6H2,1-2H3,(H,11,12). The smallest absolute Gasteiger partial charge is 0.257 e. The fourth-order valence-electron chi connectivity index (χ4n) is 1.74. The predicted octanol–water partition coefficient (Wildman–Crippen LogP) is 0.579. The average molecular weight is 209 g/mol. The van der Waals surface area contributed by atoms with Crippen LogP contribution in [0.15, 0.2) is 6.20 Å². The van der Waals surface area contributed by atoms with Gasteiger partial charge in [0.15, 0.2) is 0 Å². The third kappa shape index (κ3) is 2.02. The van der Waals surface area contributed by atoms with Crippen molar-refractivity contribution in [2.75, 3.05) is 19.7 Å². The molecule has 1 aliphatic heterocycles. The van der Waals surface area contributed by atoms with Crippen LogP contribution in [0.25, 0.3) is 0 Å². The maximum absolute atomic E-state index is 12.0. The van der Waals surface area contributed by atoms with Crippen molar-refractivity contribution >= 4 is 5.91 Å². The Kier molecular flexibility index (Phi) is 2.73. The summed E-state index contributed by atoms with van der Waals surface area (Å²) < 4.78 is 5.39. The maximum Gasteiger partial charge on any atom is 0.257 e. The summed E-state index contributed by atoms with van der Waals surface area (Å²) in [5, 5.41) is 6.62. The fraction of sp³-hybridized carbons (Fsp3) is 0.600. The Bertz CT molecular complexity index is 361. The molecule has 0 saturated carbocycles. The normalized spacial score (nSPS) is 21.7. The minimum Gasteiger partial charge on any atom is -0.375 e. The summed E-state index contributed by atoms with van der Waals surface area (Å²) in [6.45, 7) is 5.76. The Morgan fingerprint density at radius 2 is 2.53 bits per heavy atom. The lowest BCUT2D eigenvalue weighted by atomic mass is 10.2. The Morgan fingerprint density at radius 1 is 1.73 bits per heavy atom. The molecule has 15 heavy (non-hydrogen) atoms. The summed E-state index contributed by atoms with van der Waals surface area (Å²) in [4.78, 5) is 13.8. The number of aromatic amines is 1. The summed E-state index contributed by atoms with van der Waals surface area (Å²) in [6, 6.07) is 0. The number of hydrogen-bond donors (Lipinski definition) is 1. The number of morpholine rings is 1. The number of rotatable bonds is 1. The van der Waals surface area contributed by atoms with E-state index in [9.17, 15) is 4.79 Å². The van der Waals surface area contributed by atoms with E-state index in [-0.39, 0.29) is 12.0 Å². The van der Waals surface area contributed by atoms with Gasteiger partial charge >= 0.3 is 0 Å². The monoisotopic (exact) mass is 209 g/mol. The molecule has 1 aliphatic rings. The number of aromatic nitrogens is 2. The second-order valence-electron chi connectivity index (χ2n) is 3.84. The van der Waals surface area contributed by atoms with Gasteiger partial charge in [-0.1, -0.05) is 0 Å². The lowest BCUT2D eigenvalue weighted by Gasteiger charge is -2.31. The number of aryl methyl sites for hydroxylation is 1. The van der Waals surface area contributed by atoms with Crippen LogP contribution in [-0.4, -0.2) is 46.8 Å². The number of nitrogens with zero attached hydrogens (tertiary/aromatic N) is 2. The molecule has 1 fully saturated rings. The van der Waals surface area contributed by atoms with E-state index in [4.69, 9.17) is 4.74 Å². The fourth-order valence-corrected chi connectivity index (χ4v) is 1.74. The van der Waals surface area contributed by atoms with Crippen molar-refractivity contribution in [1.82, 2.24) is 15.1 Å². The molecule has 0 spiro atoms. The van der Waals surface area contributed by atoms with Crippen molar-refractivity contribution in [2.45, 2.75) is 20.0 Å². The highest BCUT2D eigenvalue weighted by Gasteiger charge is 2.24. The molecule has 5 nitrogen and oxygen atoms in total. The zero-order chi connectivity index (χ0) is 10.8. The van der Waals surface area contributed by atoms with Crippen LogP contribution in [-0.2, 0) is 4.74 Å². The SMILES string of the molecule is Cc1[nH]ncc1C(=O)N1CCOC(C)C1. The molecular weight excluding hydrogens is 194 g/mol. The molecule has 0 aromatic carbocycles. The molecule has 0 bridgehead atoms. The number of hydrogen-bond acceptors (Lipinski definition) is 3. The Hall–Kier alpha value is -1.36. The van der Waals surface area contributed by atoms with E-state index in [2.05, 4.69) is 10.2 Å². The number of amides is 1. The topological polar surface area (TPSA) is 58.2 Å². The summed E-state index contributed by atoms with van der Waals surface area (Å²) in [5.41, 5.74) is 1.48. The van der Waals surface area contributed by atoms with Crippen LogP contribution in [0, 0.1) is 6.92 Å². The Morgan fingerprint density at radius 3 is 3.13 bits per heavy atom. The molecule has 82 valence electrons. The predicted molar refractivity (Wildman–Crippen MR) is 54.6 cm³/mol. The summed E-state index contributed by atoms with van der Waals surface area (Å²) >= 11 is 0. The largest absolute Gasteiger partial charge is 0.375 e. The maximum atomic E-state index is 12.0. The van der Waals surface area contributed by atoms with E-state index in [1.54, 1.807) is 6.20 Å². The molecule has 1 aromatic heterocycles. The molecule has 1 saturated heterocycles. The van der Waals surface area contributed by atoms with Crippen molar-refractivity contribution in [3.8, 4) is 0 Å². The minimum absolute atomic E-state index is 0.0383. The van der Waals surface area contributed by atoms with E-state index in [1.807, 2.05) is 18.7 Å². The molecule has 1 amide bonds. The number of carbonyl (C=O) groups excluding carboxylic acids is 1. The van der Waals surface area contributed by atoms with Crippen molar-refractivity contribution in [3.63, 3.8) is 0 Å². The molecule has 0 radical (unpaired) electrons. The van der Waals surface area contributed by atoms with Crippen LogP contribution in [0.3, 0.4) is 0 Å². The molecule has 1 aromatic rings. The van der Waals surface area contributed by atoms with E-state index in [0.29, 0.717) is 25.3 Å². The zero-order valence-corrected chi connectivity index (χ0v) is 8.99. The molecule has 1 atom stereocenters. The van der Waals surface area contributed by atoms with Gasteiger partial charge in [-0.3, -0.25) is 9.89 Å². The van der Waals surface area contributed by atoms with E-state index in [0.717, 1.165) is 5.69 Å². The molecule has 5 heteroatoms. The third-order valence-corrected chi connectivity index (χ3v) is 2.59. The second kappa shape index (κ2) is 4.02. The van der Waals surface area contributed by atoms with Gasteiger partial charge in [-0.2, -0.15) is 5.10 Å². The second-order valence-corrected chi connectivity index (χ2v) is 3.84. The minimum atomic E-state index is 0.0383. The molecule has 1 N–H and O–H groups in total. The summed E-state index contributed by atoms with van der Waals surface area (Å²) in [7, 11) is 0. The number of nitrogens with one attached hydrogen (secondary N) is 1. The molecular formula is C10H15N3O2. The van der Waals surface area contributed by atoms with Crippen molar-refractivity contribution in [3.05, 3.63) is 17.5 Å². The molecule has 0 aliphatic carbocycles. The number of H-pyrrole nitrogens is 1. The van der Waals surface area contributed by atoms with Gasteiger partial charge in [0.05, 0.1) is 24.5 Å². The van der Waals surface area contributed by atoms with Crippen LogP contribution in [0.1, 0.15) is 23.0 Å².